The van der Waals surface area contributed by atoms with Gasteiger partial charge in [-0.2, -0.15) is 0 Å². The molecule has 0 unspecified atom stereocenters. The lowest BCUT2D eigenvalue weighted by Crippen LogP contribution is -2.50. The van der Waals surface area contributed by atoms with Crippen molar-refractivity contribution in [3.8, 4) is 0 Å². The summed E-state index contributed by atoms with van der Waals surface area (Å²) in [5.74, 6) is -2.38. The highest BCUT2D eigenvalue weighted by molar-refractivity contribution is 7.17. The van der Waals surface area contributed by atoms with Gasteiger partial charge in [-0.3, -0.25) is 19.3 Å². The fourth-order valence-corrected chi connectivity index (χ4v) is 4.06. The number of fused-ring (bicyclic) bond motifs is 1. The van der Waals surface area contributed by atoms with Gasteiger partial charge in [-0.25, -0.2) is 9.78 Å². The number of amides is 3. The van der Waals surface area contributed by atoms with E-state index in [9.17, 15) is 19.2 Å². The zero-order valence-corrected chi connectivity index (χ0v) is 17.3. The zero-order valence-electron chi connectivity index (χ0n) is 16.5. The van der Waals surface area contributed by atoms with Crippen molar-refractivity contribution in [2.24, 2.45) is 5.92 Å². The highest BCUT2D eigenvalue weighted by Crippen LogP contribution is 2.29. The summed E-state index contributed by atoms with van der Waals surface area (Å²) in [6, 6.07) is 5.47. The minimum Gasteiger partial charge on any atom is -0.462 e. The maximum Gasteiger partial charge on any atom is 0.350 e. The molecule has 8 nitrogen and oxygen atoms in total. The van der Waals surface area contributed by atoms with Crippen LogP contribution in [-0.4, -0.2) is 46.2 Å². The predicted molar refractivity (Wildman–Crippen MR) is 107 cm³/mol. The molecule has 0 saturated heterocycles. The monoisotopic (exact) mass is 415 g/mol. The molecule has 2 aromatic rings. The van der Waals surface area contributed by atoms with Crippen molar-refractivity contribution in [2.45, 2.75) is 33.7 Å². The smallest absolute Gasteiger partial charge is 0.350 e. The molecule has 0 spiro atoms. The molecule has 0 saturated carbocycles. The van der Waals surface area contributed by atoms with Crippen molar-refractivity contribution in [1.29, 1.82) is 0 Å². The first-order valence-corrected chi connectivity index (χ1v) is 10.00. The van der Waals surface area contributed by atoms with E-state index in [0.29, 0.717) is 10.6 Å². The third kappa shape index (κ3) is 3.77. The molecule has 0 radical (unpaired) electrons. The van der Waals surface area contributed by atoms with Gasteiger partial charge in [0.1, 0.15) is 10.9 Å². The lowest BCUT2D eigenvalue weighted by Gasteiger charge is -2.27. The molecule has 152 valence electrons. The van der Waals surface area contributed by atoms with E-state index >= 15 is 0 Å². The number of aryl methyl sites for hydroxylation is 1. The Balaban J connectivity index is 1.85. The van der Waals surface area contributed by atoms with E-state index in [-0.39, 0.29) is 28.8 Å². The fourth-order valence-electron chi connectivity index (χ4n) is 3.19. The Morgan fingerprint density at radius 3 is 2.28 bits per heavy atom. The molecule has 3 amide bonds. The highest BCUT2D eigenvalue weighted by Gasteiger charge is 2.44. The van der Waals surface area contributed by atoms with Crippen LogP contribution in [0.5, 0.6) is 0 Å². The number of nitrogens with one attached hydrogen (secondary N) is 1. The summed E-state index contributed by atoms with van der Waals surface area (Å²) in [7, 11) is 0. The second kappa shape index (κ2) is 8.12. The molecule has 0 aliphatic carbocycles. The van der Waals surface area contributed by atoms with Gasteiger partial charge < -0.3 is 10.1 Å². The Morgan fingerprint density at radius 2 is 1.76 bits per heavy atom. The Kier molecular flexibility index (Phi) is 5.78. The van der Waals surface area contributed by atoms with Crippen molar-refractivity contribution in [2.75, 3.05) is 11.9 Å². The van der Waals surface area contributed by atoms with Crippen LogP contribution in [0.25, 0.3) is 0 Å². The van der Waals surface area contributed by atoms with Crippen LogP contribution in [0.15, 0.2) is 24.3 Å². The van der Waals surface area contributed by atoms with E-state index in [4.69, 9.17) is 4.74 Å². The first kappa shape index (κ1) is 20.7. The normalized spacial score (nSPS) is 14.2. The molecule has 1 aliphatic heterocycles. The maximum atomic E-state index is 13.0. The molecule has 2 heterocycles. The quantitative estimate of drug-likeness (QED) is 0.574. The summed E-state index contributed by atoms with van der Waals surface area (Å²) >= 11 is 0.991. The average Bonchev–Trinajstić information content (AvgIpc) is 3.15. The van der Waals surface area contributed by atoms with Crippen LogP contribution in [0.3, 0.4) is 0 Å². The first-order valence-electron chi connectivity index (χ1n) is 9.18. The molecule has 1 aliphatic rings. The van der Waals surface area contributed by atoms with Gasteiger partial charge in [-0.1, -0.05) is 37.3 Å². The third-order valence-electron chi connectivity index (χ3n) is 4.49. The van der Waals surface area contributed by atoms with Crippen molar-refractivity contribution in [3.05, 3.63) is 46.0 Å². The van der Waals surface area contributed by atoms with E-state index in [2.05, 4.69) is 10.3 Å². The second-order valence-electron chi connectivity index (χ2n) is 6.86. The molecule has 29 heavy (non-hydrogen) atoms. The minimum absolute atomic E-state index is 0.206. The van der Waals surface area contributed by atoms with Crippen LogP contribution in [-0.2, 0) is 9.53 Å². The van der Waals surface area contributed by atoms with Crippen LogP contribution in [0.2, 0.25) is 0 Å². The molecule has 1 N–H and O–H groups in total. The molecule has 0 fully saturated rings. The van der Waals surface area contributed by atoms with Gasteiger partial charge in [0.2, 0.25) is 5.91 Å². The van der Waals surface area contributed by atoms with E-state index in [1.165, 1.54) is 0 Å². The van der Waals surface area contributed by atoms with Gasteiger partial charge in [-0.15, -0.1) is 0 Å². The third-order valence-corrected chi connectivity index (χ3v) is 5.54. The number of carbonyl (C=O) groups is 4. The number of carbonyl (C=O) groups excluding carboxylic acids is 4. The van der Waals surface area contributed by atoms with Crippen molar-refractivity contribution in [1.82, 2.24) is 9.88 Å². The van der Waals surface area contributed by atoms with E-state index in [1.54, 1.807) is 52.0 Å². The Hall–Kier alpha value is -3.07. The zero-order chi connectivity index (χ0) is 21.3. The topological polar surface area (TPSA) is 106 Å². The van der Waals surface area contributed by atoms with Gasteiger partial charge in [-0.05, 0) is 31.9 Å². The lowest BCUT2D eigenvalue weighted by molar-refractivity contribution is -0.121. The van der Waals surface area contributed by atoms with Crippen LogP contribution in [0, 0.1) is 12.8 Å². The van der Waals surface area contributed by atoms with E-state index in [0.717, 1.165) is 16.2 Å². The molecular formula is C20H21N3O5S. The number of hydrogen-bond donors (Lipinski definition) is 1. The summed E-state index contributed by atoms with van der Waals surface area (Å²) in [5.41, 5.74) is 1.00. The Morgan fingerprint density at radius 1 is 1.17 bits per heavy atom. The number of ether oxygens (including phenoxy) is 1. The van der Waals surface area contributed by atoms with Crippen molar-refractivity contribution < 1.29 is 23.9 Å². The van der Waals surface area contributed by atoms with Gasteiger partial charge in [0.15, 0.2) is 5.13 Å². The molecule has 9 heteroatoms. The van der Waals surface area contributed by atoms with Gasteiger partial charge in [0.05, 0.1) is 23.4 Å². The number of esters is 1. The highest BCUT2D eigenvalue weighted by atomic mass is 32.1. The summed E-state index contributed by atoms with van der Waals surface area (Å²) in [4.78, 5) is 56.0. The first-order chi connectivity index (χ1) is 13.8. The Bertz CT molecular complexity index is 963. The van der Waals surface area contributed by atoms with Crippen molar-refractivity contribution >= 4 is 40.2 Å². The number of imide groups is 1. The molecule has 3 rings (SSSR count). The largest absolute Gasteiger partial charge is 0.462 e. The minimum atomic E-state index is -1.02. The van der Waals surface area contributed by atoms with Crippen LogP contribution < -0.4 is 5.32 Å². The lowest BCUT2D eigenvalue weighted by atomic mass is 10.0. The summed E-state index contributed by atoms with van der Waals surface area (Å²) in [6.07, 6.45) is 0. The van der Waals surface area contributed by atoms with Crippen molar-refractivity contribution in [3.63, 3.8) is 0 Å². The molecular weight excluding hydrogens is 394 g/mol. The number of rotatable bonds is 6. The van der Waals surface area contributed by atoms with Crippen LogP contribution in [0.4, 0.5) is 5.13 Å². The maximum absolute atomic E-state index is 13.0. The molecule has 1 aromatic carbocycles. The SMILES string of the molecule is CCOC(=O)c1sc(NC(=O)[C@H](C(C)C)N2C(=O)c3ccccc3C2=O)nc1C. The summed E-state index contributed by atoms with van der Waals surface area (Å²) < 4.78 is 4.98. The average molecular weight is 415 g/mol. The molecule has 1 aromatic heterocycles. The summed E-state index contributed by atoms with van der Waals surface area (Å²) in [5, 5.41) is 2.85. The summed E-state index contributed by atoms with van der Waals surface area (Å²) in [6.45, 7) is 7.08. The second-order valence-corrected chi connectivity index (χ2v) is 7.86. The van der Waals surface area contributed by atoms with E-state index < -0.39 is 29.7 Å². The number of hydrogen-bond acceptors (Lipinski definition) is 7. The fraction of sp³-hybridized carbons (Fsp3) is 0.350. The van der Waals surface area contributed by atoms with Crippen LogP contribution in [0.1, 0.15) is 56.9 Å². The number of nitrogens with zero attached hydrogens (tertiary/aromatic N) is 2. The number of aromatic nitrogens is 1. The van der Waals surface area contributed by atoms with Gasteiger partial charge in [0, 0.05) is 0 Å². The molecule has 1 atom stereocenters. The van der Waals surface area contributed by atoms with Gasteiger partial charge in [0.25, 0.3) is 11.8 Å². The number of thiazole rings is 1. The van der Waals surface area contributed by atoms with E-state index in [1.807, 2.05) is 0 Å². The molecule has 0 bridgehead atoms. The Labute approximate surface area is 171 Å². The number of anilines is 1. The van der Waals surface area contributed by atoms with Gasteiger partial charge >= 0.3 is 5.97 Å². The number of benzene rings is 1. The predicted octanol–water partition coefficient (Wildman–Crippen LogP) is 2.89. The standard InChI is InChI=1S/C20H21N3O5S/c1-5-28-19(27)15-11(4)21-20(29-15)22-16(24)14(10(2)3)23-17(25)12-8-6-7-9-13(12)18(23)26/h6-10,14H,5H2,1-4H3,(H,21,22,24)/t14-/m0/s1. The van der Waals surface area contributed by atoms with Crippen LogP contribution >= 0.6 is 11.3 Å².